The van der Waals surface area contributed by atoms with Crippen LogP contribution in [0.1, 0.15) is 58.1 Å². The maximum absolute atomic E-state index is 10.4. The molecule has 2 bridgehead atoms. The molecular weight excluding hydrogens is 272 g/mol. The molecule has 2 aliphatic rings. The van der Waals surface area contributed by atoms with Gasteiger partial charge < -0.3 is 10.8 Å². The first-order chi connectivity index (χ1) is 10.3. The third-order valence-corrected chi connectivity index (χ3v) is 5.51. The lowest BCUT2D eigenvalue weighted by Crippen LogP contribution is -2.35. The summed E-state index contributed by atoms with van der Waals surface area (Å²) < 4.78 is 0. The normalized spacial score (nSPS) is 32.1. The van der Waals surface area contributed by atoms with Gasteiger partial charge in [-0.05, 0) is 54.2 Å². The number of anilines is 1. The summed E-state index contributed by atoms with van der Waals surface area (Å²) in [6.07, 6.45) is 4.31. The number of aliphatic hydroxyl groups is 1. The molecule has 1 saturated carbocycles. The molecule has 1 aromatic rings. The van der Waals surface area contributed by atoms with Crippen LogP contribution in [-0.2, 0) is 0 Å². The molecule has 3 heteroatoms. The number of aliphatic hydroxyl groups excluding tert-OH is 1. The molecule has 0 spiro atoms. The molecule has 3 rings (SSSR count). The molecule has 3 N–H and O–H groups in total. The Morgan fingerprint density at radius 3 is 2.82 bits per heavy atom. The maximum atomic E-state index is 10.4. The summed E-state index contributed by atoms with van der Waals surface area (Å²) in [5.41, 5.74) is 8.40. The van der Waals surface area contributed by atoms with Gasteiger partial charge in [0.1, 0.15) is 0 Å². The van der Waals surface area contributed by atoms with Gasteiger partial charge >= 0.3 is 0 Å². The number of hydrogen-bond acceptors (Lipinski definition) is 3. The Morgan fingerprint density at radius 2 is 2.09 bits per heavy atom. The van der Waals surface area contributed by atoms with Gasteiger partial charge in [-0.15, -0.1) is 0 Å². The lowest BCUT2D eigenvalue weighted by molar-refractivity contribution is 0.116. The van der Waals surface area contributed by atoms with E-state index in [-0.39, 0.29) is 0 Å². The number of nitrogen functional groups attached to an aromatic ring is 1. The van der Waals surface area contributed by atoms with E-state index in [0.29, 0.717) is 16.9 Å². The van der Waals surface area contributed by atoms with E-state index in [2.05, 4.69) is 25.7 Å². The van der Waals surface area contributed by atoms with Crippen molar-refractivity contribution < 1.29 is 5.11 Å². The second kappa shape index (κ2) is 5.54. The summed E-state index contributed by atoms with van der Waals surface area (Å²) >= 11 is 0. The molecule has 1 aliphatic carbocycles. The second-order valence-corrected chi connectivity index (χ2v) is 8.66. The number of hydrogen-bond donors (Lipinski definition) is 2. The van der Waals surface area contributed by atoms with Crippen LogP contribution in [0.15, 0.2) is 24.3 Å². The fraction of sp³-hybridized carbons (Fsp3) is 0.684. The van der Waals surface area contributed by atoms with Crippen molar-refractivity contribution in [2.75, 3.05) is 18.8 Å². The lowest BCUT2D eigenvalue weighted by Gasteiger charge is -2.40. The molecule has 22 heavy (non-hydrogen) atoms. The zero-order chi connectivity index (χ0) is 16.0. The Balaban J connectivity index is 1.61. The first-order valence-electron chi connectivity index (χ1n) is 8.54. The van der Waals surface area contributed by atoms with Crippen LogP contribution < -0.4 is 5.73 Å². The quantitative estimate of drug-likeness (QED) is 0.836. The predicted octanol–water partition coefficient (Wildman–Crippen LogP) is 3.59. The number of likely N-dealkylation sites (tertiary alicyclic amines) is 1. The Bertz CT molecular complexity index is 542. The first kappa shape index (κ1) is 15.8. The highest BCUT2D eigenvalue weighted by Gasteiger charge is 2.49. The van der Waals surface area contributed by atoms with Crippen molar-refractivity contribution in [2.45, 2.75) is 58.6 Å². The molecule has 0 aromatic heterocycles. The maximum Gasteiger partial charge on any atom is 0.0803 e. The minimum Gasteiger partial charge on any atom is -0.399 e. The molecular formula is C19H30N2O. The van der Waals surface area contributed by atoms with Crippen LogP contribution >= 0.6 is 0 Å². The minimum atomic E-state index is -0.412. The van der Waals surface area contributed by atoms with Gasteiger partial charge in [0, 0.05) is 24.8 Å². The van der Waals surface area contributed by atoms with Crippen LogP contribution in [0.2, 0.25) is 0 Å². The van der Waals surface area contributed by atoms with Gasteiger partial charge in [0.05, 0.1) is 6.10 Å². The van der Waals surface area contributed by atoms with Gasteiger partial charge in [-0.1, -0.05) is 32.9 Å². The molecule has 1 aromatic carbocycles. The lowest BCUT2D eigenvalue weighted by atomic mass is 9.65. The number of fused-ring (bicyclic) bond motifs is 2. The van der Waals surface area contributed by atoms with Gasteiger partial charge in [-0.3, -0.25) is 4.90 Å². The summed E-state index contributed by atoms with van der Waals surface area (Å²) in [7, 11) is 0. The molecule has 122 valence electrons. The first-order valence-corrected chi connectivity index (χ1v) is 8.54. The van der Waals surface area contributed by atoms with E-state index < -0.39 is 6.10 Å². The fourth-order valence-electron chi connectivity index (χ4n) is 5.06. The van der Waals surface area contributed by atoms with Gasteiger partial charge in [0.25, 0.3) is 0 Å². The van der Waals surface area contributed by atoms with E-state index in [9.17, 15) is 5.11 Å². The van der Waals surface area contributed by atoms with Crippen molar-refractivity contribution in [3.05, 3.63) is 29.8 Å². The molecule has 3 unspecified atom stereocenters. The van der Waals surface area contributed by atoms with Crippen molar-refractivity contribution in [1.82, 2.24) is 4.90 Å². The Hall–Kier alpha value is -1.06. The summed E-state index contributed by atoms with van der Waals surface area (Å²) in [6.45, 7) is 9.41. The monoisotopic (exact) mass is 302 g/mol. The Morgan fingerprint density at radius 1 is 1.32 bits per heavy atom. The highest BCUT2D eigenvalue weighted by Crippen LogP contribution is 2.52. The van der Waals surface area contributed by atoms with E-state index >= 15 is 0 Å². The summed E-state index contributed by atoms with van der Waals surface area (Å²) in [5, 5.41) is 10.4. The molecule has 1 saturated heterocycles. The van der Waals surface area contributed by atoms with Gasteiger partial charge in [-0.2, -0.15) is 0 Å². The molecule has 3 nitrogen and oxygen atoms in total. The Labute approximate surface area is 134 Å². The van der Waals surface area contributed by atoms with Crippen molar-refractivity contribution in [1.29, 1.82) is 0 Å². The molecule has 2 fully saturated rings. The number of rotatable bonds is 4. The average Bonchev–Trinajstić information content (AvgIpc) is 2.64. The zero-order valence-electron chi connectivity index (χ0n) is 14.2. The van der Waals surface area contributed by atoms with Crippen LogP contribution in [0.4, 0.5) is 5.69 Å². The van der Waals surface area contributed by atoms with Crippen LogP contribution in [0.5, 0.6) is 0 Å². The molecule has 1 heterocycles. The van der Waals surface area contributed by atoms with Crippen LogP contribution in [0.3, 0.4) is 0 Å². The smallest absolute Gasteiger partial charge is 0.0803 e. The van der Waals surface area contributed by atoms with E-state index in [1.165, 1.54) is 25.8 Å². The highest BCUT2D eigenvalue weighted by molar-refractivity contribution is 5.41. The van der Waals surface area contributed by atoms with Crippen molar-refractivity contribution in [2.24, 2.45) is 10.8 Å². The van der Waals surface area contributed by atoms with E-state index in [4.69, 9.17) is 5.73 Å². The SMILES string of the molecule is CC1(C)CC2CC(C)(CN2CCC(O)c2cccc(N)c2)C1. The zero-order valence-corrected chi connectivity index (χ0v) is 14.2. The molecule has 0 radical (unpaired) electrons. The van der Waals surface area contributed by atoms with Crippen molar-refractivity contribution in [3.63, 3.8) is 0 Å². The van der Waals surface area contributed by atoms with Crippen LogP contribution in [0, 0.1) is 10.8 Å². The standard InChI is InChI=1S/C19H30N2O/c1-18(2)10-16-11-19(3,12-18)13-21(16)8-7-17(22)14-5-4-6-15(20)9-14/h4-6,9,16-17,22H,7-8,10-13,20H2,1-3H3. The molecule has 0 amide bonds. The van der Waals surface area contributed by atoms with Crippen molar-refractivity contribution >= 4 is 5.69 Å². The number of nitrogens with two attached hydrogens (primary N) is 1. The number of benzene rings is 1. The van der Waals surface area contributed by atoms with E-state index in [1.54, 1.807) is 0 Å². The van der Waals surface area contributed by atoms with Gasteiger partial charge in [-0.25, -0.2) is 0 Å². The van der Waals surface area contributed by atoms with Gasteiger partial charge in [0.2, 0.25) is 0 Å². The minimum absolute atomic E-state index is 0.412. The van der Waals surface area contributed by atoms with Crippen LogP contribution in [-0.4, -0.2) is 29.1 Å². The van der Waals surface area contributed by atoms with Crippen LogP contribution in [0.25, 0.3) is 0 Å². The third-order valence-electron chi connectivity index (χ3n) is 5.51. The molecule has 3 atom stereocenters. The average molecular weight is 302 g/mol. The van der Waals surface area contributed by atoms with E-state index in [1.807, 2.05) is 24.3 Å². The summed E-state index contributed by atoms with van der Waals surface area (Å²) in [6, 6.07) is 8.33. The highest BCUT2D eigenvalue weighted by atomic mass is 16.3. The van der Waals surface area contributed by atoms with Crippen molar-refractivity contribution in [3.8, 4) is 0 Å². The largest absolute Gasteiger partial charge is 0.399 e. The Kier molecular flexibility index (Phi) is 3.98. The van der Waals surface area contributed by atoms with E-state index in [0.717, 1.165) is 24.2 Å². The second-order valence-electron chi connectivity index (χ2n) is 8.66. The third kappa shape index (κ3) is 3.31. The predicted molar refractivity (Wildman–Crippen MR) is 91.5 cm³/mol. The fourth-order valence-corrected chi connectivity index (χ4v) is 5.06. The summed E-state index contributed by atoms with van der Waals surface area (Å²) in [5.74, 6) is 0. The topological polar surface area (TPSA) is 49.5 Å². The number of nitrogens with zero attached hydrogens (tertiary/aromatic N) is 1. The van der Waals surface area contributed by atoms with Gasteiger partial charge in [0.15, 0.2) is 0 Å². The summed E-state index contributed by atoms with van der Waals surface area (Å²) in [4.78, 5) is 2.62. The molecule has 1 aliphatic heterocycles.